The predicted octanol–water partition coefficient (Wildman–Crippen LogP) is 2.21. The van der Waals surface area contributed by atoms with E-state index in [0.717, 1.165) is 35.1 Å². The summed E-state index contributed by atoms with van der Waals surface area (Å²) in [4.78, 5) is 75.6. The van der Waals surface area contributed by atoms with Crippen LogP contribution >= 0.6 is 0 Å². The van der Waals surface area contributed by atoms with Crippen molar-refractivity contribution < 1.29 is 89.0 Å². The predicted molar refractivity (Wildman–Crippen MR) is 186 cm³/mol. The minimum atomic E-state index is -1.46. The van der Waals surface area contributed by atoms with Gasteiger partial charge in [0.2, 0.25) is 0 Å². The average molecular weight is 948 g/mol. The first-order valence-corrected chi connectivity index (χ1v) is 15.5. The molecule has 2 saturated heterocycles. The fourth-order valence-corrected chi connectivity index (χ4v) is 5.62. The van der Waals surface area contributed by atoms with E-state index < -0.39 is 59.9 Å². The zero-order valence-electron chi connectivity index (χ0n) is 30.5. The number of allylic oxidation sites excluding steroid dienone is 2. The SMILES string of the molecule is C=CCC1C(=O)CN(C(=O)OCc2ccccc2)[C@@H]1C(=O)OC.C=CC[C@]1(CO)C(=O)CN(C(=O)OCc2ccccc2)[C@@H]1C(=O)OC.CO.[2H][B].[U]. The van der Waals surface area contributed by atoms with E-state index in [2.05, 4.69) is 21.5 Å². The molecule has 0 saturated carbocycles. The molecule has 2 radical (unpaired) electrons. The van der Waals surface area contributed by atoms with E-state index in [-0.39, 0.29) is 69.6 Å². The molecule has 16 heteroatoms. The van der Waals surface area contributed by atoms with Gasteiger partial charge in [-0.1, -0.05) is 72.8 Å². The number of ketones is 2. The van der Waals surface area contributed by atoms with Crippen LogP contribution in [0.4, 0.5) is 9.59 Å². The largest absolute Gasteiger partial charge is 0.467 e. The maximum Gasteiger partial charge on any atom is 0.411 e. The molecule has 278 valence electrons. The molecule has 2 fully saturated rings. The number of Topliss-reactive ketones (excluding diaryl/α,β-unsaturated/α-hetero) is 2. The van der Waals surface area contributed by atoms with Crippen LogP contribution in [0.3, 0.4) is 0 Å². The number of benzene rings is 2. The Hall–Kier alpha value is -4.22. The van der Waals surface area contributed by atoms with Crippen molar-refractivity contribution in [3.05, 3.63) is 97.1 Å². The average Bonchev–Trinajstić information content (AvgIpc) is 3.68. The van der Waals surface area contributed by atoms with Gasteiger partial charge in [0.1, 0.15) is 25.3 Å². The van der Waals surface area contributed by atoms with Crippen LogP contribution in [0.25, 0.3) is 0 Å². The molecule has 1 unspecified atom stereocenters. The Morgan fingerprint density at radius 3 is 1.75 bits per heavy atom. The first-order chi connectivity index (χ1) is 25.1. The number of likely N-dealkylation sites (tertiary alicyclic amines) is 2. The van der Waals surface area contributed by atoms with Crippen LogP contribution < -0.4 is 0 Å². The van der Waals surface area contributed by atoms with Crippen LogP contribution in [0.1, 0.15) is 24.0 Å². The number of esters is 2. The van der Waals surface area contributed by atoms with E-state index >= 15 is 0 Å². The summed E-state index contributed by atoms with van der Waals surface area (Å²) in [6, 6.07) is 16.0. The van der Waals surface area contributed by atoms with Crippen LogP contribution in [0.15, 0.2) is 86.0 Å². The summed E-state index contributed by atoms with van der Waals surface area (Å²) >= 11 is 0. The van der Waals surface area contributed by atoms with Crippen LogP contribution in [0.5, 0.6) is 0 Å². The van der Waals surface area contributed by atoms with E-state index in [1.54, 1.807) is 30.3 Å². The number of methoxy groups -OCH3 is 2. The Labute approximate surface area is 330 Å². The Morgan fingerprint density at radius 1 is 0.846 bits per heavy atom. The van der Waals surface area contributed by atoms with E-state index in [1.165, 1.54) is 13.2 Å². The fourth-order valence-electron chi connectivity index (χ4n) is 5.62. The fraction of sp³-hybridized carbons (Fsp3) is 0.389. The van der Waals surface area contributed by atoms with Crippen LogP contribution in [-0.2, 0) is 51.3 Å². The van der Waals surface area contributed by atoms with E-state index in [0.29, 0.717) is 6.42 Å². The van der Waals surface area contributed by atoms with E-state index in [1.807, 2.05) is 36.4 Å². The van der Waals surface area contributed by atoms with Crippen LogP contribution in [0, 0.1) is 42.4 Å². The standard InChI is InChI=1S/C18H21NO6.C17H19NO5.CH4O.BH.U/c1-3-9-18(12-20)14(21)10-19(15(18)16(22)24-2)17(23)25-11-13-7-5-4-6-8-13;1-3-7-13-14(19)10-18(15(13)16(20)22-2)17(21)23-11-12-8-5-4-6-9-12;1-2;;/h3-8,15,20H,1,9-12H2,2H3;3-6,8-9,13,15H,1,7,10-11H2,2H3;2H,1H3;1H;/t15-,18+;13?,15-;;;/m10.../s1/i;;;1D;. The minimum absolute atomic E-state index is 0. The second-order valence-corrected chi connectivity index (χ2v) is 11.1. The third-order valence-corrected chi connectivity index (χ3v) is 8.12. The third kappa shape index (κ3) is 11.9. The quantitative estimate of drug-likeness (QED) is 0.145. The van der Waals surface area contributed by atoms with Crippen molar-refractivity contribution in [2.45, 2.75) is 38.1 Å². The first kappa shape index (κ1) is 45.8. The molecule has 2 aliphatic heterocycles. The number of hydrogen-bond donors (Lipinski definition) is 2. The molecule has 2 aromatic rings. The maximum absolute atomic E-state index is 12.5. The number of aliphatic hydroxyl groups is 2. The molecule has 14 nitrogen and oxygen atoms in total. The molecule has 0 bridgehead atoms. The maximum atomic E-state index is 12.5. The van der Waals surface area contributed by atoms with Gasteiger partial charge >= 0.3 is 24.1 Å². The van der Waals surface area contributed by atoms with E-state index in [4.69, 9.17) is 25.4 Å². The number of aliphatic hydroxyl groups excluding tert-OH is 2. The molecule has 2 aromatic carbocycles. The van der Waals surface area contributed by atoms with Crippen molar-refractivity contribution in [2.75, 3.05) is 41.0 Å². The number of rotatable bonds is 11. The Morgan fingerprint density at radius 2 is 1.33 bits per heavy atom. The van der Waals surface area contributed by atoms with Gasteiger partial charge < -0.3 is 29.2 Å². The number of carbonyl (C=O) groups is 6. The van der Waals surface area contributed by atoms with Crippen molar-refractivity contribution >= 4 is 44.1 Å². The Bertz CT molecular complexity index is 1500. The summed E-state index contributed by atoms with van der Waals surface area (Å²) < 4.78 is 25.2. The zero-order chi connectivity index (χ0) is 39.3. The van der Waals surface area contributed by atoms with Crippen LogP contribution in [0.2, 0.25) is 0 Å². The normalized spacial score (nSPS) is 20.0. The van der Waals surface area contributed by atoms with Gasteiger partial charge in [0.05, 0.1) is 45.2 Å². The number of ether oxygens (including phenoxy) is 4. The van der Waals surface area contributed by atoms with E-state index in [9.17, 15) is 33.9 Å². The molecule has 0 spiro atoms. The summed E-state index contributed by atoms with van der Waals surface area (Å²) in [5.74, 6) is -2.67. The minimum Gasteiger partial charge on any atom is -0.467 e. The molecule has 0 aliphatic carbocycles. The van der Waals surface area contributed by atoms with Gasteiger partial charge in [-0.2, -0.15) is 0 Å². The number of amides is 2. The van der Waals surface area contributed by atoms with Gasteiger partial charge in [0, 0.05) is 46.6 Å². The number of carbonyl (C=O) groups excluding carboxylic acids is 6. The van der Waals surface area contributed by atoms with Crippen LogP contribution in [-0.4, -0.2) is 119 Å². The van der Waals surface area contributed by atoms with Gasteiger partial charge in [-0.25, -0.2) is 19.2 Å². The summed E-state index contributed by atoms with van der Waals surface area (Å²) in [7, 11) is 7.14. The van der Waals surface area contributed by atoms with Gasteiger partial charge in [-0.05, 0) is 25.3 Å². The molecule has 4 atom stereocenters. The second-order valence-electron chi connectivity index (χ2n) is 11.1. The van der Waals surface area contributed by atoms with Gasteiger partial charge in [0.25, 0.3) is 0 Å². The molecule has 0 aromatic heterocycles. The van der Waals surface area contributed by atoms with Crippen molar-refractivity contribution in [1.82, 2.24) is 9.80 Å². The van der Waals surface area contributed by atoms with Gasteiger partial charge in [0.15, 0.2) is 11.6 Å². The summed E-state index contributed by atoms with van der Waals surface area (Å²) in [6.07, 6.45) is 1.82. The summed E-state index contributed by atoms with van der Waals surface area (Å²) in [5, 5.41) is 16.8. The second kappa shape index (κ2) is 24.1. The summed E-state index contributed by atoms with van der Waals surface area (Å²) in [5.41, 5.74) is 0.139. The Kier molecular flexibility index (Phi) is 21.2. The third-order valence-electron chi connectivity index (χ3n) is 8.12. The first-order valence-electron chi connectivity index (χ1n) is 16.1. The molecular formula is C36H45BN2O12U. The summed E-state index contributed by atoms with van der Waals surface area (Å²) in [6.45, 7) is 6.14. The monoisotopic (exact) mass is 947 g/mol. The molecule has 2 N–H and O–H groups in total. The van der Waals surface area contributed by atoms with Gasteiger partial charge in [-0.15, -0.1) is 13.2 Å². The smallest absolute Gasteiger partial charge is 0.411 e. The topological polar surface area (TPSA) is 186 Å². The molecule has 2 heterocycles. The molecule has 2 aliphatic rings. The number of nitrogens with zero attached hydrogens (tertiary/aromatic N) is 2. The number of hydrogen-bond acceptors (Lipinski definition) is 12. The van der Waals surface area contributed by atoms with Crippen molar-refractivity contribution in [3.63, 3.8) is 0 Å². The molecule has 52 heavy (non-hydrogen) atoms. The molecule has 4 rings (SSSR count). The van der Waals surface area contributed by atoms with Crippen molar-refractivity contribution in [2.24, 2.45) is 11.3 Å². The Balaban J connectivity index is 0.000000919. The van der Waals surface area contributed by atoms with Crippen molar-refractivity contribution in [3.8, 4) is 0 Å². The zero-order valence-corrected chi connectivity index (χ0v) is 33.6. The molecule has 2 amide bonds. The van der Waals surface area contributed by atoms with Crippen molar-refractivity contribution in [1.29, 1.82) is 1.34 Å². The molecular weight excluding hydrogens is 901 g/mol. The van der Waals surface area contributed by atoms with Gasteiger partial charge in [-0.3, -0.25) is 19.4 Å².